The van der Waals surface area contributed by atoms with Gasteiger partial charge in [0.25, 0.3) is 5.91 Å². The number of hydrogen-bond acceptors (Lipinski definition) is 7. The highest BCUT2D eigenvalue weighted by atomic mass is 19.4. The third-order valence-electron chi connectivity index (χ3n) is 7.55. The lowest BCUT2D eigenvalue weighted by Gasteiger charge is -2.34. The summed E-state index contributed by atoms with van der Waals surface area (Å²) in [6.07, 6.45) is -2.06. The molecule has 0 atom stereocenters. The first kappa shape index (κ1) is 29.4. The lowest BCUT2D eigenvalue weighted by molar-refractivity contribution is -0.138. The number of aromatic nitrogens is 3. The molecule has 2 amide bonds. The molecule has 1 aromatic carbocycles. The van der Waals surface area contributed by atoms with Crippen LogP contribution in [0.4, 0.5) is 19.1 Å². The highest BCUT2D eigenvalue weighted by Crippen LogP contribution is 2.28. The summed E-state index contributed by atoms with van der Waals surface area (Å²) in [6.45, 7) is 4.32. The molecule has 42 heavy (non-hydrogen) atoms. The molecule has 2 aliphatic heterocycles. The Morgan fingerprint density at radius 1 is 0.929 bits per heavy atom. The summed E-state index contributed by atoms with van der Waals surface area (Å²) in [5.41, 5.74) is 1.84. The predicted octanol–water partition coefficient (Wildman–Crippen LogP) is 3.26. The van der Waals surface area contributed by atoms with Crippen molar-refractivity contribution in [2.45, 2.75) is 32.1 Å². The molecule has 0 aliphatic carbocycles. The molecule has 13 heteroatoms. The summed E-state index contributed by atoms with van der Waals surface area (Å²) in [6, 6.07) is 11.5. The summed E-state index contributed by atoms with van der Waals surface area (Å²) in [5, 5.41) is 0. The van der Waals surface area contributed by atoms with Crippen molar-refractivity contribution in [3.8, 4) is 5.75 Å². The van der Waals surface area contributed by atoms with Crippen LogP contribution in [0.1, 0.15) is 33.7 Å². The second-order valence-corrected chi connectivity index (χ2v) is 10.2. The van der Waals surface area contributed by atoms with Gasteiger partial charge in [0.05, 0.1) is 32.3 Å². The number of anilines is 1. The van der Waals surface area contributed by atoms with E-state index in [0.717, 1.165) is 29.4 Å². The quantitative estimate of drug-likeness (QED) is 0.337. The minimum atomic E-state index is -4.48. The second kappa shape index (κ2) is 12.8. The van der Waals surface area contributed by atoms with E-state index in [0.29, 0.717) is 64.5 Å². The van der Waals surface area contributed by atoms with Crippen LogP contribution in [0.3, 0.4) is 0 Å². The average molecular weight is 587 g/mol. The molecule has 0 bridgehead atoms. The van der Waals surface area contributed by atoms with Crippen LogP contribution in [0, 0.1) is 0 Å². The molecule has 0 radical (unpaired) electrons. The zero-order chi connectivity index (χ0) is 29.7. The maximum absolute atomic E-state index is 13.1. The number of fused-ring (bicyclic) bond motifs is 1. The zero-order valence-electron chi connectivity index (χ0n) is 23.3. The standard InChI is InChI=1S/C29H33F3N6O4/c1-41-24-5-2-21(3-6-24)20-37-14-15-38-23(4-7-25(38)27(37)40)8-16-42-17-9-26(39)35-10-12-36(13-11-35)28-33-18-22(19-34-28)29(30,31)32/h2-7,18-19H,8-17,20H2,1H3. The average Bonchev–Trinajstić information content (AvgIpc) is 3.42. The van der Waals surface area contributed by atoms with E-state index < -0.39 is 11.7 Å². The van der Waals surface area contributed by atoms with Crippen LogP contribution >= 0.6 is 0 Å². The number of piperazine rings is 1. The molecule has 2 aromatic heterocycles. The molecule has 0 N–H and O–H groups in total. The van der Waals surface area contributed by atoms with Crippen molar-refractivity contribution in [1.29, 1.82) is 0 Å². The van der Waals surface area contributed by atoms with Gasteiger partial charge >= 0.3 is 6.18 Å². The van der Waals surface area contributed by atoms with Gasteiger partial charge < -0.3 is 28.7 Å². The SMILES string of the molecule is COc1ccc(CN2CCn3c(CCOCCC(=O)N4CCN(c5ncc(C(F)(F)F)cn5)CC4)ccc3C2=O)cc1. The van der Waals surface area contributed by atoms with Crippen molar-refractivity contribution in [1.82, 2.24) is 24.3 Å². The van der Waals surface area contributed by atoms with E-state index in [2.05, 4.69) is 9.97 Å². The molecule has 1 fully saturated rings. The van der Waals surface area contributed by atoms with E-state index in [4.69, 9.17) is 9.47 Å². The van der Waals surface area contributed by atoms with E-state index in [1.54, 1.807) is 16.9 Å². The number of nitrogens with zero attached hydrogens (tertiary/aromatic N) is 6. The van der Waals surface area contributed by atoms with Gasteiger partial charge in [-0.25, -0.2) is 9.97 Å². The van der Waals surface area contributed by atoms with Crippen molar-refractivity contribution < 1.29 is 32.2 Å². The summed E-state index contributed by atoms with van der Waals surface area (Å²) in [7, 11) is 1.62. The van der Waals surface area contributed by atoms with Crippen LogP contribution in [0.2, 0.25) is 0 Å². The minimum absolute atomic E-state index is 0.000172. The topological polar surface area (TPSA) is 93.0 Å². The van der Waals surface area contributed by atoms with Crippen LogP contribution in [0.25, 0.3) is 0 Å². The largest absolute Gasteiger partial charge is 0.497 e. The second-order valence-electron chi connectivity index (χ2n) is 10.2. The zero-order valence-corrected chi connectivity index (χ0v) is 23.3. The number of carbonyl (C=O) groups excluding carboxylic acids is 2. The normalized spacial score (nSPS) is 15.6. The molecule has 224 valence electrons. The van der Waals surface area contributed by atoms with Gasteiger partial charge in [-0.3, -0.25) is 9.59 Å². The van der Waals surface area contributed by atoms with E-state index >= 15 is 0 Å². The first-order valence-corrected chi connectivity index (χ1v) is 13.8. The number of alkyl halides is 3. The van der Waals surface area contributed by atoms with Crippen LogP contribution < -0.4 is 9.64 Å². The summed E-state index contributed by atoms with van der Waals surface area (Å²) < 4.78 is 51.2. The van der Waals surface area contributed by atoms with Gasteiger partial charge in [-0.05, 0) is 29.8 Å². The monoisotopic (exact) mass is 586 g/mol. The van der Waals surface area contributed by atoms with Crippen molar-refractivity contribution in [3.63, 3.8) is 0 Å². The lowest BCUT2D eigenvalue weighted by Crippen LogP contribution is -2.49. The number of benzene rings is 1. The highest BCUT2D eigenvalue weighted by Gasteiger charge is 2.32. The molecule has 5 rings (SSSR count). The molecule has 0 saturated carbocycles. The Hall–Kier alpha value is -4.13. The molecule has 0 unspecified atom stereocenters. The Bertz CT molecular complexity index is 1370. The maximum Gasteiger partial charge on any atom is 0.419 e. The van der Waals surface area contributed by atoms with Crippen LogP contribution in [-0.4, -0.2) is 89.2 Å². The van der Waals surface area contributed by atoms with Gasteiger partial charge in [0.2, 0.25) is 11.9 Å². The van der Waals surface area contributed by atoms with E-state index in [1.165, 1.54) is 0 Å². The number of amides is 2. The van der Waals surface area contributed by atoms with Gasteiger partial charge in [-0.1, -0.05) is 12.1 Å². The molecule has 2 aliphatic rings. The van der Waals surface area contributed by atoms with Gasteiger partial charge in [0.1, 0.15) is 11.4 Å². The van der Waals surface area contributed by atoms with Gasteiger partial charge in [-0.15, -0.1) is 0 Å². The first-order valence-electron chi connectivity index (χ1n) is 13.8. The fourth-order valence-corrected chi connectivity index (χ4v) is 5.15. The molecule has 3 aromatic rings. The first-order chi connectivity index (χ1) is 20.2. The Morgan fingerprint density at radius 2 is 1.64 bits per heavy atom. The smallest absolute Gasteiger partial charge is 0.419 e. The predicted molar refractivity (Wildman–Crippen MR) is 147 cm³/mol. The van der Waals surface area contributed by atoms with Gasteiger partial charge in [0.15, 0.2) is 0 Å². The number of halogens is 3. The summed E-state index contributed by atoms with van der Waals surface area (Å²) in [4.78, 5) is 38.7. The number of ether oxygens (including phenoxy) is 2. The molecular weight excluding hydrogens is 553 g/mol. The van der Waals surface area contributed by atoms with E-state index in [9.17, 15) is 22.8 Å². The van der Waals surface area contributed by atoms with Crippen LogP contribution in [-0.2, 0) is 35.2 Å². The van der Waals surface area contributed by atoms with Crippen molar-refractivity contribution in [2.75, 3.05) is 57.9 Å². The fourth-order valence-electron chi connectivity index (χ4n) is 5.15. The van der Waals surface area contributed by atoms with Gasteiger partial charge in [0, 0.05) is 70.3 Å². The van der Waals surface area contributed by atoms with Crippen LogP contribution in [0.5, 0.6) is 5.75 Å². The maximum atomic E-state index is 13.1. The number of rotatable bonds is 10. The molecule has 0 spiro atoms. The van der Waals surface area contributed by atoms with Crippen molar-refractivity contribution in [2.24, 2.45) is 0 Å². The lowest BCUT2D eigenvalue weighted by atomic mass is 10.2. The van der Waals surface area contributed by atoms with Crippen LogP contribution in [0.15, 0.2) is 48.8 Å². The fraction of sp³-hybridized carbons (Fsp3) is 0.448. The van der Waals surface area contributed by atoms with Crippen molar-refractivity contribution >= 4 is 17.8 Å². The summed E-state index contributed by atoms with van der Waals surface area (Å²) >= 11 is 0. The highest BCUT2D eigenvalue weighted by molar-refractivity contribution is 5.93. The van der Waals surface area contributed by atoms with Gasteiger partial charge in [-0.2, -0.15) is 13.2 Å². The number of hydrogen-bond donors (Lipinski definition) is 0. The Labute approximate surface area is 241 Å². The minimum Gasteiger partial charge on any atom is -0.497 e. The number of methoxy groups -OCH3 is 1. The van der Waals surface area contributed by atoms with E-state index in [1.807, 2.05) is 45.9 Å². The Balaban J connectivity index is 1.01. The van der Waals surface area contributed by atoms with E-state index in [-0.39, 0.29) is 30.8 Å². The molecule has 4 heterocycles. The van der Waals surface area contributed by atoms with Crippen molar-refractivity contribution in [3.05, 3.63) is 71.3 Å². The third kappa shape index (κ3) is 6.84. The molecule has 1 saturated heterocycles. The summed E-state index contributed by atoms with van der Waals surface area (Å²) in [5.74, 6) is 0.963. The molecular formula is C29H33F3N6O4. The Kier molecular flexibility index (Phi) is 8.95. The Morgan fingerprint density at radius 3 is 2.31 bits per heavy atom. The molecule has 10 nitrogen and oxygen atoms in total. The number of carbonyl (C=O) groups is 2. The third-order valence-corrected chi connectivity index (χ3v) is 7.55.